The van der Waals surface area contributed by atoms with Gasteiger partial charge >= 0.3 is 0 Å². The lowest BCUT2D eigenvalue weighted by Crippen LogP contribution is -2.40. The molecule has 0 bridgehead atoms. The van der Waals surface area contributed by atoms with Crippen molar-refractivity contribution in [3.8, 4) is 0 Å². The van der Waals surface area contributed by atoms with Gasteiger partial charge in [0.05, 0.1) is 11.9 Å². The summed E-state index contributed by atoms with van der Waals surface area (Å²) in [7, 11) is 0. The van der Waals surface area contributed by atoms with Crippen molar-refractivity contribution in [3.05, 3.63) is 42.5 Å². The Morgan fingerprint density at radius 1 is 1.35 bits per heavy atom. The van der Waals surface area contributed by atoms with E-state index < -0.39 is 6.61 Å². The molecule has 0 radical (unpaired) electrons. The van der Waals surface area contributed by atoms with Crippen molar-refractivity contribution in [2.75, 3.05) is 25.0 Å². The van der Waals surface area contributed by atoms with E-state index in [1.54, 1.807) is 23.5 Å². The number of hydrogen-bond acceptors (Lipinski definition) is 6. The number of aliphatic hydroxyl groups is 1. The Balaban J connectivity index is 1.73. The molecule has 120 valence electrons. The van der Waals surface area contributed by atoms with Crippen LogP contribution in [0.3, 0.4) is 0 Å². The largest absolute Gasteiger partial charge is 0.387 e. The zero-order valence-corrected chi connectivity index (χ0v) is 12.7. The Bertz CT molecular complexity index is 665. The van der Waals surface area contributed by atoms with Crippen LogP contribution in [-0.4, -0.2) is 50.6 Å². The van der Waals surface area contributed by atoms with Gasteiger partial charge in [-0.3, -0.25) is 9.78 Å². The molecular formula is C16H19N5O2. The molecule has 1 atom stereocenters. The maximum Gasteiger partial charge on any atom is 0.248 e. The average Bonchev–Trinajstić information content (AvgIpc) is 2.62. The second-order valence-corrected chi connectivity index (χ2v) is 5.51. The molecule has 0 saturated carbocycles. The summed E-state index contributed by atoms with van der Waals surface area (Å²) in [6.45, 7) is 0.815. The summed E-state index contributed by atoms with van der Waals surface area (Å²) in [6.07, 6.45) is 6.95. The second-order valence-electron chi connectivity index (χ2n) is 5.51. The molecule has 0 aromatic carbocycles. The number of nitrogens with zero attached hydrogens (tertiary/aromatic N) is 4. The molecule has 3 rings (SSSR count). The number of pyridine rings is 1. The highest BCUT2D eigenvalue weighted by Gasteiger charge is 2.25. The zero-order valence-electron chi connectivity index (χ0n) is 12.7. The third-order valence-corrected chi connectivity index (χ3v) is 3.90. The van der Waals surface area contributed by atoms with Crippen LogP contribution >= 0.6 is 0 Å². The first-order chi connectivity index (χ1) is 11.3. The molecule has 7 heteroatoms. The van der Waals surface area contributed by atoms with E-state index in [0.29, 0.717) is 24.7 Å². The lowest BCUT2D eigenvalue weighted by atomic mass is 9.95. The lowest BCUT2D eigenvalue weighted by molar-refractivity contribution is -0.135. The van der Waals surface area contributed by atoms with Crippen LogP contribution in [-0.2, 0) is 4.79 Å². The van der Waals surface area contributed by atoms with Crippen molar-refractivity contribution in [3.63, 3.8) is 0 Å². The van der Waals surface area contributed by atoms with E-state index in [0.717, 1.165) is 18.5 Å². The summed E-state index contributed by atoms with van der Waals surface area (Å²) >= 11 is 0. The first-order valence-electron chi connectivity index (χ1n) is 7.65. The van der Waals surface area contributed by atoms with E-state index in [1.165, 1.54) is 0 Å². The fourth-order valence-electron chi connectivity index (χ4n) is 2.75. The number of rotatable bonds is 4. The van der Waals surface area contributed by atoms with Crippen molar-refractivity contribution in [2.45, 2.75) is 18.8 Å². The van der Waals surface area contributed by atoms with Gasteiger partial charge in [-0.05, 0) is 25.0 Å². The number of nitrogens with one attached hydrogen (secondary N) is 1. The van der Waals surface area contributed by atoms with E-state index in [4.69, 9.17) is 5.11 Å². The molecule has 0 aliphatic carbocycles. The Morgan fingerprint density at radius 2 is 2.26 bits per heavy atom. The van der Waals surface area contributed by atoms with Gasteiger partial charge in [0.1, 0.15) is 18.2 Å². The molecule has 1 aliphatic heterocycles. The third kappa shape index (κ3) is 3.81. The molecule has 23 heavy (non-hydrogen) atoms. The number of aromatic nitrogens is 3. The Morgan fingerprint density at radius 3 is 3.04 bits per heavy atom. The smallest absolute Gasteiger partial charge is 0.248 e. The summed E-state index contributed by atoms with van der Waals surface area (Å²) in [5.41, 5.74) is 0.848. The average molecular weight is 313 g/mol. The first kappa shape index (κ1) is 15.4. The van der Waals surface area contributed by atoms with Gasteiger partial charge < -0.3 is 15.3 Å². The van der Waals surface area contributed by atoms with Gasteiger partial charge in [-0.25, -0.2) is 9.97 Å². The Labute approximate surface area is 134 Å². The van der Waals surface area contributed by atoms with Crippen LogP contribution in [0.2, 0.25) is 0 Å². The standard InChI is InChI=1S/C16H19N5O2/c22-11-16(23)21-7-3-4-12(10-21)13-8-17-9-15(19-13)20-14-5-1-2-6-18-14/h1-2,5-6,8-9,12,22H,3-4,7,10-11H2,(H,18,19,20). The van der Waals surface area contributed by atoms with Crippen LogP contribution in [0, 0.1) is 0 Å². The Hall–Kier alpha value is -2.54. The van der Waals surface area contributed by atoms with Crippen LogP contribution in [0.1, 0.15) is 24.5 Å². The van der Waals surface area contributed by atoms with Crippen molar-refractivity contribution >= 4 is 17.5 Å². The number of hydrogen-bond donors (Lipinski definition) is 2. The SMILES string of the molecule is O=C(CO)N1CCCC(c2cncc(Nc3ccccn3)n2)C1. The minimum atomic E-state index is -0.445. The molecular weight excluding hydrogens is 294 g/mol. The summed E-state index contributed by atoms with van der Waals surface area (Å²) < 4.78 is 0. The van der Waals surface area contributed by atoms with Gasteiger partial charge in [0.2, 0.25) is 5.91 Å². The molecule has 3 heterocycles. The number of amides is 1. The molecule has 0 spiro atoms. The quantitative estimate of drug-likeness (QED) is 0.884. The molecule has 1 saturated heterocycles. The van der Waals surface area contributed by atoms with Gasteiger partial charge in [0, 0.05) is 31.4 Å². The van der Waals surface area contributed by atoms with Crippen molar-refractivity contribution in [2.24, 2.45) is 0 Å². The first-order valence-corrected chi connectivity index (χ1v) is 7.65. The fourth-order valence-corrected chi connectivity index (χ4v) is 2.75. The predicted molar refractivity (Wildman–Crippen MR) is 85.2 cm³/mol. The number of carbonyl (C=O) groups excluding carboxylic acids is 1. The third-order valence-electron chi connectivity index (χ3n) is 3.90. The zero-order chi connectivity index (χ0) is 16.1. The lowest BCUT2D eigenvalue weighted by Gasteiger charge is -2.32. The minimum Gasteiger partial charge on any atom is -0.387 e. The number of anilines is 2. The highest BCUT2D eigenvalue weighted by atomic mass is 16.3. The highest BCUT2D eigenvalue weighted by molar-refractivity contribution is 5.77. The molecule has 2 aromatic rings. The van der Waals surface area contributed by atoms with Gasteiger partial charge in [-0.2, -0.15) is 0 Å². The van der Waals surface area contributed by atoms with E-state index in [1.807, 2.05) is 18.2 Å². The van der Waals surface area contributed by atoms with Crippen LogP contribution < -0.4 is 5.32 Å². The summed E-state index contributed by atoms with van der Waals surface area (Å²) in [5, 5.41) is 12.1. The molecule has 1 amide bonds. The van der Waals surface area contributed by atoms with Gasteiger partial charge in [0.25, 0.3) is 0 Å². The molecule has 7 nitrogen and oxygen atoms in total. The van der Waals surface area contributed by atoms with Crippen LogP contribution in [0.4, 0.5) is 11.6 Å². The molecule has 1 fully saturated rings. The number of carbonyl (C=O) groups is 1. The van der Waals surface area contributed by atoms with Crippen LogP contribution in [0.5, 0.6) is 0 Å². The maximum absolute atomic E-state index is 11.7. The summed E-state index contributed by atoms with van der Waals surface area (Å²) in [4.78, 5) is 26.4. The topological polar surface area (TPSA) is 91.2 Å². The van der Waals surface area contributed by atoms with Crippen LogP contribution in [0.25, 0.3) is 0 Å². The Kier molecular flexibility index (Phi) is 4.77. The van der Waals surface area contributed by atoms with E-state index in [-0.39, 0.29) is 11.8 Å². The fraction of sp³-hybridized carbons (Fsp3) is 0.375. The van der Waals surface area contributed by atoms with Gasteiger partial charge in [-0.1, -0.05) is 6.07 Å². The molecule has 2 N–H and O–H groups in total. The van der Waals surface area contributed by atoms with Gasteiger partial charge in [0.15, 0.2) is 0 Å². The molecule has 1 unspecified atom stereocenters. The van der Waals surface area contributed by atoms with E-state index in [9.17, 15) is 4.79 Å². The molecule has 2 aromatic heterocycles. The predicted octanol–water partition coefficient (Wildman–Crippen LogP) is 1.31. The highest BCUT2D eigenvalue weighted by Crippen LogP contribution is 2.26. The van der Waals surface area contributed by atoms with Gasteiger partial charge in [-0.15, -0.1) is 0 Å². The molecule has 1 aliphatic rings. The summed E-state index contributed by atoms with van der Waals surface area (Å²) in [5.74, 6) is 1.24. The normalized spacial score (nSPS) is 17.8. The number of piperidine rings is 1. The van der Waals surface area contributed by atoms with Crippen LogP contribution in [0.15, 0.2) is 36.8 Å². The maximum atomic E-state index is 11.7. The monoisotopic (exact) mass is 313 g/mol. The number of aliphatic hydroxyl groups excluding tert-OH is 1. The van der Waals surface area contributed by atoms with Crippen molar-refractivity contribution in [1.29, 1.82) is 0 Å². The number of likely N-dealkylation sites (tertiary alicyclic amines) is 1. The second kappa shape index (κ2) is 7.15. The minimum absolute atomic E-state index is 0.136. The van der Waals surface area contributed by atoms with E-state index >= 15 is 0 Å². The van der Waals surface area contributed by atoms with Crippen molar-refractivity contribution in [1.82, 2.24) is 19.9 Å². The van der Waals surface area contributed by atoms with E-state index in [2.05, 4.69) is 20.3 Å². The van der Waals surface area contributed by atoms with Crippen molar-refractivity contribution < 1.29 is 9.90 Å². The summed E-state index contributed by atoms with van der Waals surface area (Å²) in [6, 6.07) is 5.60.